The number of fused-ring (bicyclic) bond motifs is 14. The van der Waals surface area contributed by atoms with Crippen LogP contribution in [0.5, 0.6) is 11.5 Å². The molecule has 0 saturated heterocycles. The standard InChI is InChI=1S/C49H26N6OS/c50-27-29-13-19-39-33(23-29)34-24-30(28-51)14-20-40(34)54(39)31-15-17-35-43(25-31)56-44-26-32(55-41-9-1-3-11-45(41)57-46-12-4-2-10-42(46)55)16-18-36(44)49(35)37-7-5-21-52-47(37)48-38(49)8-6-22-53-48/h1-26H. The lowest BCUT2D eigenvalue weighted by atomic mass is 9.66. The Balaban J connectivity index is 1.13. The Labute approximate surface area is 331 Å². The lowest BCUT2D eigenvalue weighted by Crippen LogP contribution is -2.32. The lowest BCUT2D eigenvalue weighted by molar-refractivity contribution is 0.436. The van der Waals surface area contributed by atoms with Crippen molar-refractivity contribution < 1.29 is 4.74 Å². The molecule has 264 valence electrons. The summed E-state index contributed by atoms with van der Waals surface area (Å²) < 4.78 is 9.35. The fraction of sp³-hybridized carbons (Fsp3) is 0.0204. The summed E-state index contributed by atoms with van der Waals surface area (Å²) in [5.41, 5.74) is 12.2. The number of para-hydroxylation sites is 2. The zero-order chi connectivity index (χ0) is 37.8. The molecule has 12 rings (SSSR count). The maximum Gasteiger partial charge on any atom is 0.134 e. The molecule has 1 aliphatic carbocycles. The molecule has 3 aromatic heterocycles. The third-order valence-electron chi connectivity index (χ3n) is 11.6. The summed E-state index contributed by atoms with van der Waals surface area (Å²) >= 11 is 1.78. The van der Waals surface area contributed by atoms with Crippen molar-refractivity contribution in [1.82, 2.24) is 14.5 Å². The predicted molar refractivity (Wildman–Crippen MR) is 222 cm³/mol. The topological polar surface area (TPSA) is 90.8 Å². The van der Waals surface area contributed by atoms with Gasteiger partial charge >= 0.3 is 0 Å². The first kappa shape index (κ1) is 31.7. The average Bonchev–Trinajstić information content (AvgIpc) is 3.75. The molecule has 0 saturated carbocycles. The zero-order valence-electron chi connectivity index (χ0n) is 30.0. The third kappa shape index (κ3) is 4.25. The van der Waals surface area contributed by atoms with Crippen molar-refractivity contribution in [2.24, 2.45) is 0 Å². The van der Waals surface area contributed by atoms with Crippen LogP contribution >= 0.6 is 11.8 Å². The number of pyridine rings is 2. The first-order chi connectivity index (χ1) is 28.1. The van der Waals surface area contributed by atoms with Crippen LogP contribution in [0.2, 0.25) is 0 Å². The Morgan fingerprint density at radius 2 is 1.05 bits per heavy atom. The molecule has 8 heteroatoms. The van der Waals surface area contributed by atoms with E-state index in [1.807, 2.05) is 60.9 Å². The van der Waals surface area contributed by atoms with E-state index in [1.165, 1.54) is 9.79 Å². The van der Waals surface area contributed by atoms with Gasteiger partial charge in [-0.15, -0.1) is 0 Å². The molecular weight excluding hydrogens is 721 g/mol. The van der Waals surface area contributed by atoms with Gasteiger partial charge in [-0.1, -0.05) is 60.3 Å². The van der Waals surface area contributed by atoms with Gasteiger partial charge in [0.05, 0.1) is 62.5 Å². The minimum absolute atomic E-state index is 0.561. The van der Waals surface area contributed by atoms with Crippen molar-refractivity contribution in [3.8, 4) is 40.7 Å². The molecule has 0 atom stereocenters. The van der Waals surface area contributed by atoms with Crippen LogP contribution in [0.25, 0.3) is 38.9 Å². The highest BCUT2D eigenvalue weighted by Crippen LogP contribution is 2.62. The minimum Gasteiger partial charge on any atom is -0.457 e. The normalized spacial score (nSPS) is 13.8. The van der Waals surface area contributed by atoms with E-state index in [2.05, 4.69) is 119 Å². The average molecular weight is 747 g/mol. The number of ether oxygens (including phenoxy) is 1. The van der Waals surface area contributed by atoms with Crippen LogP contribution in [0.1, 0.15) is 33.4 Å². The van der Waals surface area contributed by atoms with Gasteiger partial charge in [-0.05, 0) is 96.1 Å². The summed E-state index contributed by atoms with van der Waals surface area (Å²) in [6.07, 6.45) is 3.68. The van der Waals surface area contributed by atoms with Crippen molar-refractivity contribution in [3.05, 3.63) is 191 Å². The summed E-state index contributed by atoms with van der Waals surface area (Å²) in [5.74, 6) is 1.47. The second kappa shape index (κ2) is 11.7. The van der Waals surface area contributed by atoms with Crippen LogP contribution in [0.15, 0.2) is 168 Å². The van der Waals surface area contributed by atoms with E-state index in [-0.39, 0.29) is 0 Å². The first-order valence-corrected chi connectivity index (χ1v) is 19.4. The number of nitriles is 2. The van der Waals surface area contributed by atoms with E-state index in [1.54, 1.807) is 11.8 Å². The second-order valence-electron chi connectivity index (χ2n) is 14.4. The molecule has 57 heavy (non-hydrogen) atoms. The number of hydrogen-bond donors (Lipinski definition) is 0. The highest BCUT2D eigenvalue weighted by molar-refractivity contribution is 7.99. The molecule has 1 spiro atoms. The minimum atomic E-state index is -0.759. The van der Waals surface area contributed by atoms with Gasteiger partial charge in [0.2, 0.25) is 0 Å². The number of aromatic nitrogens is 3. The van der Waals surface area contributed by atoms with Gasteiger partial charge in [-0.25, -0.2) is 0 Å². The Kier molecular flexibility index (Phi) is 6.49. The maximum absolute atomic E-state index is 9.81. The summed E-state index contributed by atoms with van der Waals surface area (Å²) in [5, 5.41) is 21.4. The highest BCUT2D eigenvalue weighted by Gasteiger charge is 2.52. The molecule has 7 nitrogen and oxygen atoms in total. The quantitative estimate of drug-likeness (QED) is 0.174. The van der Waals surface area contributed by atoms with Crippen LogP contribution in [0.3, 0.4) is 0 Å². The summed E-state index contributed by atoms with van der Waals surface area (Å²) in [7, 11) is 0. The van der Waals surface area contributed by atoms with E-state index in [9.17, 15) is 10.5 Å². The molecule has 9 aromatic rings. The van der Waals surface area contributed by atoms with Crippen LogP contribution in [-0.2, 0) is 5.41 Å². The van der Waals surface area contributed by atoms with E-state index < -0.39 is 5.41 Å². The molecule has 0 radical (unpaired) electrons. The lowest BCUT2D eigenvalue weighted by Gasteiger charge is -2.40. The Morgan fingerprint density at radius 3 is 1.61 bits per heavy atom. The Hall–Kier alpha value is -7.65. The van der Waals surface area contributed by atoms with Gasteiger partial charge in [0.1, 0.15) is 11.5 Å². The molecule has 0 unspecified atom stereocenters. The summed E-state index contributed by atoms with van der Waals surface area (Å²) in [4.78, 5) is 14.6. The zero-order valence-corrected chi connectivity index (χ0v) is 30.8. The van der Waals surface area contributed by atoms with Gasteiger partial charge < -0.3 is 14.2 Å². The number of nitrogens with zero attached hydrogens (tertiary/aromatic N) is 6. The molecule has 0 amide bonds. The van der Waals surface area contributed by atoms with Crippen molar-refractivity contribution in [3.63, 3.8) is 0 Å². The first-order valence-electron chi connectivity index (χ1n) is 18.6. The van der Waals surface area contributed by atoms with Crippen molar-refractivity contribution in [2.45, 2.75) is 15.2 Å². The van der Waals surface area contributed by atoms with Crippen molar-refractivity contribution in [2.75, 3.05) is 4.90 Å². The largest absolute Gasteiger partial charge is 0.457 e. The SMILES string of the molecule is N#Cc1ccc2c(c1)c1cc(C#N)ccc1n2-c1ccc2c(c1)Oc1cc(N3c4ccccc4Sc4ccccc43)ccc1C21c2cccnc2-c2ncccc21. The Morgan fingerprint density at radius 1 is 0.526 bits per heavy atom. The monoisotopic (exact) mass is 746 g/mol. The van der Waals surface area contributed by atoms with Crippen molar-refractivity contribution in [1.29, 1.82) is 10.5 Å². The summed E-state index contributed by atoms with van der Waals surface area (Å²) in [6.45, 7) is 0. The molecule has 0 bridgehead atoms. The third-order valence-corrected chi connectivity index (χ3v) is 12.7. The molecule has 6 aromatic carbocycles. The number of benzene rings is 6. The fourth-order valence-corrected chi connectivity index (χ4v) is 10.4. The van der Waals surface area contributed by atoms with Crippen LogP contribution < -0.4 is 9.64 Å². The molecule has 0 N–H and O–H groups in total. The Bertz CT molecular complexity index is 3150. The van der Waals surface area contributed by atoms with E-state index in [4.69, 9.17) is 14.7 Å². The fourth-order valence-electron chi connectivity index (χ4n) is 9.29. The van der Waals surface area contributed by atoms with Crippen LogP contribution in [-0.4, -0.2) is 14.5 Å². The van der Waals surface area contributed by atoms with Gasteiger partial charge in [0.25, 0.3) is 0 Å². The van der Waals surface area contributed by atoms with Gasteiger partial charge in [-0.3, -0.25) is 9.97 Å². The van der Waals surface area contributed by atoms with Gasteiger partial charge in [-0.2, -0.15) is 10.5 Å². The van der Waals surface area contributed by atoms with E-state index >= 15 is 0 Å². The maximum atomic E-state index is 9.81. The predicted octanol–water partition coefficient (Wildman–Crippen LogP) is 11.7. The molecule has 5 heterocycles. The highest BCUT2D eigenvalue weighted by atomic mass is 32.2. The molecule has 2 aliphatic heterocycles. The van der Waals surface area contributed by atoms with Gasteiger partial charge in [0.15, 0.2) is 0 Å². The molecule has 0 fully saturated rings. The van der Waals surface area contributed by atoms with Gasteiger partial charge in [0, 0.05) is 67.6 Å². The second-order valence-corrected chi connectivity index (χ2v) is 15.5. The number of rotatable bonds is 2. The van der Waals surface area contributed by atoms with Crippen LogP contribution in [0, 0.1) is 22.7 Å². The number of hydrogen-bond acceptors (Lipinski definition) is 7. The smallest absolute Gasteiger partial charge is 0.134 e. The molecule has 3 aliphatic rings. The van der Waals surface area contributed by atoms with Crippen LogP contribution in [0.4, 0.5) is 17.1 Å². The van der Waals surface area contributed by atoms with Crippen molar-refractivity contribution >= 4 is 50.6 Å². The molecular formula is C49H26N6OS. The summed E-state index contributed by atoms with van der Waals surface area (Å²) in [6, 6.07) is 54.5. The number of anilines is 3. The van der Waals surface area contributed by atoms with E-state index in [0.29, 0.717) is 11.1 Å². The van der Waals surface area contributed by atoms with E-state index in [0.717, 1.165) is 89.7 Å².